The molecule has 0 aromatic heterocycles. The van der Waals surface area contributed by atoms with Gasteiger partial charge in [0, 0.05) is 9.49 Å². The van der Waals surface area contributed by atoms with Crippen LogP contribution in [0.1, 0.15) is 64.2 Å². The molecule has 0 atom stereocenters. The zero-order valence-electron chi connectivity index (χ0n) is 12.3. The third-order valence-corrected chi connectivity index (χ3v) is 10.6. The molecule has 4 rings (SSSR count). The van der Waals surface area contributed by atoms with Crippen molar-refractivity contribution in [1.82, 2.24) is 0 Å². The summed E-state index contributed by atoms with van der Waals surface area (Å²) in [6.45, 7) is 0. The number of thiol groups is 2. The first-order valence-corrected chi connectivity index (χ1v) is 10.4. The van der Waals surface area contributed by atoms with Crippen LogP contribution in [0, 0.1) is 11.8 Å². The summed E-state index contributed by atoms with van der Waals surface area (Å²) in [4.78, 5) is 11.4. The number of fused-ring (bicyclic) bond motifs is 4. The minimum Gasteiger partial charge on any atom is -0.406 e. The molecular weight excluding hydrogens is 320 g/mol. The number of hydrogen-bond donors (Lipinski definition) is 2. The van der Waals surface area contributed by atoms with E-state index in [0.29, 0.717) is 13.9 Å². The average molecular weight is 345 g/mol. The van der Waals surface area contributed by atoms with E-state index in [1.54, 1.807) is 0 Å². The largest absolute Gasteiger partial charge is 0.406 e. The summed E-state index contributed by atoms with van der Waals surface area (Å²) in [5.74, 6) is 1.84. The van der Waals surface area contributed by atoms with E-state index in [1.807, 2.05) is 0 Å². The molecule has 0 unspecified atom stereocenters. The Morgan fingerprint density at radius 2 is 1.33 bits per heavy atom. The van der Waals surface area contributed by atoms with Gasteiger partial charge in [-0.2, -0.15) is 0 Å². The van der Waals surface area contributed by atoms with Gasteiger partial charge in [0.05, 0.1) is 0 Å². The highest BCUT2D eigenvalue weighted by Gasteiger charge is 2.57. The van der Waals surface area contributed by atoms with Crippen molar-refractivity contribution in [3.05, 3.63) is 0 Å². The summed E-state index contributed by atoms with van der Waals surface area (Å²) in [6, 6.07) is 0. The zero-order chi connectivity index (χ0) is 14.7. The van der Waals surface area contributed by atoms with E-state index < -0.39 is 5.30 Å². The molecule has 118 valence electrons. The summed E-state index contributed by atoms with van der Waals surface area (Å²) in [7, 11) is 0.0145. The van der Waals surface area contributed by atoms with Crippen molar-refractivity contribution < 1.29 is 9.53 Å². The van der Waals surface area contributed by atoms with E-state index in [0.717, 1.165) is 11.8 Å². The van der Waals surface area contributed by atoms with Crippen LogP contribution >= 0.6 is 35.7 Å². The van der Waals surface area contributed by atoms with Crippen molar-refractivity contribution in [1.29, 1.82) is 0 Å². The summed E-state index contributed by atoms with van der Waals surface area (Å²) < 4.78 is 6.94. The third-order valence-electron chi connectivity index (χ3n) is 6.57. The number of ether oxygens (including phenoxy) is 1. The third kappa shape index (κ3) is 2.33. The number of rotatable bonds is 2. The van der Waals surface area contributed by atoms with Crippen molar-refractivity contribution in [2.75, 3.05) is 0 Å². The van der Waals surface area contributed by atoms with Crippen LogP contribution in [0.15, 0.2) is 0 Å². The summed E-state index contributed by atoms with van der Waals surface area (Å²) in [5, 5.41) is -0.495. The zero-order valence-corrected chi connectivity index (χ0v) is 15.0. The predicted octanol–water partition coefficient (Wildman–Crippen LogP) is 5.00. The second-order valence-electron chi connectivity index (χ2n) is 7.60. The van der Waals surface area contributed by atoms with E-state index in [9.17, 15) is 4.79 Å². The quantitative estimate of drug-likeness (QED) is 0.419. The molecular formula is C16H24O2S3. The molecule has 0 aromatic carbocycles. The molecule has 0 radical (unpaired) electrons. The van der Waals surface area contributed by atoms with Gasteiger partial charge in [-0.05, 0) is 76.0 Å². The monoisotopic (exact) mass is 344 g/mol. The fourth-order valence-corrected chi connectivity index (χ4v) is 11.2. The summed E-state index contributed by atoms with van der Waals surface area (Å²) >= 11 is 8.53. The first-order valence-electron chi connectivity index (χ1n) is 8.24. The molecule has 0 heterocycles. The molecule has 4 saturated carbocycles. The van der Waals surface area contributed by atoms with Crippen LogP contribution in [0.25, 0.3) is 0 Å². The molecule has 21 heavy (non-hydrogen) atoms. The number of hydrogen-bond acceptors (Lipinski definition) is 2. The molecule has 5 heteroatoms. The van der Waals surface area contributed by atoms with E-state index in [1.165, 1.54) is 64.2 Å². The fraction of sp³-hybridized carbons (Fsp3) is 0.875. The smallest absolute Gasteiger partial charge is 0.370 e. The maximum atomic E-state index is 11.4. The molecule has 0 aromatic rings. The Hall–Kier alpha value is 0.390. The standard InChI is InChI=1S/C16H24O2S3/c17-13(19)18-14(20)21(15-5-1-11(9-15)2-6-15)16-7-3-12(10-16)4-8-16/h11-12,20H,1-10H2,(H,17,19). The predicted molar refractivity (Wildman–Crippen MR) is 95.7 cm³/mol. The lowest BCUT2D eigenvalue weighted by Gasteiger charge is -2.43. The van der Waals surface area contributed by atoms with Crippen LogP contribution in [0.3, 0.4) is 0 Å². The molecule has 0 spiro atoms. The molecule has 4 fully saturated rings. The van der Waals surface area contributed by atoms with Crippen molar-refractivity contribution in [2.45, 2.75) is 73.7 Å². The van der Waals surface area contributed by atoms with Crippen molar-refractivity contribution in [3.8, 4) is 0 Å². The highest BCUT2D eigenvalue weighted by molar-refractivity contribution is 8.29. The maximum Gasteiger partial charge on any atom is 0.370 e. The SMILES string of the molecule is O=C(S)OC(S)=S(C12CCC(CC1)C2)C12CCC(CC1)C2. The van der Waals surface area contributed by atoms with Crippen LogP contribution < -0.4 is 0 Å². The topological polar surface area (TPSA) is 26.3 Å². The minimum atomic E-state index is -0.495. The molecule has 0 N–H and O–H groups in total. The second-order valence-corrected chi connectivity index (χ2v) is 11.4. The van der Waals surface area contributed by atoms with Crippen LogP contribution in [-0.2, 0) is 4.74 Å². The van der Waals surface area contributed by atoms with Gasteiger partial charge in [0.15, 0.2) is 4.38 Å². The first kappa shape index (κ1) is 14.9. The Balaban J connectivity index is 1.78. The van der Waals surface area contributed by atoms with E-state index in [2.05, 4.69) is 12.6 Å². The summed E-state index contributed by atoms with van der Waals surface area (Å²) in [5.41, 5.74) is 0. The molecule has 4 aliphatic rings. The Morgan fingerprint density at radius 1 is 0.905 bits per heavy atom. The van der Waals surface area contributed by atoms with Crippen molar-refractivity contribution in [2.24, 2.45) is 11.8 Å². The van der Waals surface area contributed by atoms with E-state index >= 15 is 0 Å². The van der Waals surface area contributed by atoms with Gasteiger partial charge in [-0.25, -0.2) is 4.79 Å². The molecule has 4 aliphatic carbocycles. The maximum absolute atomic E-state index is 11.4. The second kappa shape index (κ2) is 5.20. The Bertz CT molecular complexity index is 466. The Kier molecular flexibility index (Phi) is 3.70. The summed E-state index contributed by atoms with van der Waals surface area (Å²) in [6.07, 6.45) is 13.5. The van der Waals surface area contributed by atoms with Gasteiger partial charge in [0.2, 0.25) is 0 Å². The molecule has 0 saturated heterocycles. The van der Waals surface area contributed by atoms with Crippen LogP contribution in [0.4, 0.5) is 4.79 Å². The van der Waals surface area contributed by atoms with Gasteiger partial charge in [-0.15, -0.1) is 10.5 Å². The van der Waals surface area contributed by atoms with Gasteiger partial charge >= 0.3 is 5.30 Å². The van der Waals surface area contributed by atoms with Gasteiger partial charge in [0.1, 0.15) is 0 Å². The highest BCUT2D eigenvalue weighted by atomic mass is 32.2. The molecule has 2 nitrogen and oxygen atoms in total. The lowest BCUT2D eigenvalue weighted by molar-refractivity contribution is 0.227. The van der Waals surface area contributed by atoms with Gasteiger partial charge in [-0.1, -0.05) is 25.3 Å². The average Bonchev–Trinajstić information content (AvgIpc) is 3.17. The van der Waals surface area contributed by atoms with Gasteiger partial charge < -0.3 is 4.74 Å². The van der Waals surface area contributed by atoms with Crippen molar-refractivity contribution >= 4 is 45.4 Å². The van der Waals surface area contributed by atoms with E-state index in [4.69, 9.17) is 17.4 Å². The lowest BCUT2D eigenvalue weighted by atomic mass is 9.99. The van der Waals surface area contributed by atoms with Crippen LogP contribution in [0.5, 0.6) is 0 Å². The molecule has 0 aliphatic heterocycles. The Labute approximate surface area is 140 Å². The lowest BCUT2D eigenvalue weighted by Crippen LogP contribution is -2.35. The van der Waals surface area contributed by atoms with E-state index in [-0.39, 0.29) is 10.5 Å². The number of carbonyl (C=O) groups is 1. The van der Waals surface area contributed by atoms with Gasteiger partial charge in [0.25, 0.3) is 0 Å². The van der Waals surface area contributed by atoms with Crippen molar-refractivity contribution in [3.63, 3.8) is 0 Å². The van der Waals surface area contributed by atoms with Crippen LogP contribution in [-0.4, -0.2) is 19.2 Å². The molecule has 0 amide bonds. The minimum absolute atomic E-state index is 0.0145. The first-order chi connectivity index (χ1) is 10.0. The number of carbonyl (C=O) groups excluding carboxylic acids is 1. The fourth-order valence-electron chi connectivity index (χ4n) is 5.80. The normalized spacial score (nSPS) is 45.0. The van der Waals surface area contributed by atoms with Gasteiger partial charge in [-0.3, -0.25) is 0 Å². The highest BCUT2D eigenvalue weighted by Crippen LogP contribution is 2.69. The van der Waals surface area contributed by atoms with Crippen LogP contribution in [0.2, 0.25) is 0 Å². The molecule has 4 bridgehead atoms. The Morgan fingerprint density at radius 3 is 1.62 bits per heavy atom.